The summed E-state index contributed by atoms with van der Waals surface area (Å²) in [6.07, 6.45) is 1.79. The molecule has 0 radical (unpaired) electrons. The van der Waals surface area contributed by atoms with E-state index in [2.05, 4.69) is 0 Å². The molecular formula is C16H20BNO3. The highest BCUT2D eigenvalue weighted by Crippen LogP contribution is 2.36. The van der Waals surface area contributed by atoms with Crippen molar-refractivity contribution < 1.29 is 14.1 Å². The summed E-state index contributed by atoms with van der Waals surface area (Å²) in [5, 5.41) is 1.01. The summed E-state index contributed by atoms with van der Waals surface area (Å²) in [4.78, 5) is 11.5. The Kier molecular flexibility index (Phi) is 3.04. The van der Waals surface area contributed by atoms with E-state index < -0.39 is 0 Å². The highest BCUT2D eigenvalue weighted by Gasteiger charge is 2.51. The van der Waals surface area contributed by atoms with Crippen molar-refractivity contribution in [2.45, 2.75) is 45.8 Å². The Morgan fingerprint density at radius 3 is 2.29 bits per heavy atom. The van der Waals surface area contributed by atoms with E-state index >= 15 is 0 Å². The first-order valence-corrected chi connectivity index (χ1v) is 7.19. The van der Waals surface area contributed by atoms with Crippen molar-refractivity contribution in [3.63, 3.8) is 0 Å². The van der Waals surface area contributed by atoms with Crippen molar-refractivity contribution in [3.05, 3.63) is 30.5 Å². The summed E-state index contributed by atoms with van der Waals surface area (Å²) in [5.74, 6) is 0.00776. The van der Waals surface area contributed by atoms with Gasteiger partial charge >= 0.3 is 7.12 Å². The number of aromatic nitrogens is 1. The Morgan fingerprint density at radius 1 is 1.10 bits per heavy atom. The van der Waals surface area contributed by atoms with Crippen LogP contribution in [0.15, 0.2) is 30.5 Å². The van der Waals surface area contributed by atoms with E-state index in [0.29, 0.717) is 0 Å². The van der Waals surface area contributed by atoms with Gasteiger partial charge in [0.05, 0.1) is 16.7 Å². The molecule has 1 aliphatic heterocycles. The van der Waals surface area contributed by atoms with Crippen LogP contribution >= 0.6 is 0 Å². The summed E-state index contributed by atoms with van der Waals surface area (Å²) in [6, 6.07) is 7.86. The Bertz CT molecular complexity index is 701. The van der Waals surface area contributed by atoms with Crippen LogP contribution in [0.3, 0.4) is 0 Å². The third kappa shape index (κ3) is 2.21. The maximum Gasteiger partial charge on any atom is 0.494 e. The van der Waals surface area contributed by atoms with E-state index in [1.54, 1.807) is 17.7 Å². The van der Waals surface area contributed by atoms with E-state index in [4.69, 9.17) is 9.31 Å². The van der Waals surface area contributed by atoms with Crippen molar-refractivity contribution in [3.8, 4) is 0 Å². The first-order valence-electron chi connectivity index (χ1n) is 7.19. The number of fused-ring (bicyclic) bond motifs is 1. The molecule has 1 aromatic carbocycles. The van der Waals surface area contributed by atoms with Crippen molar-refractivity contribution in [1.82, 2.24) is 4.57 Å². The Morgan fingerprint density at radius 2 is 1.71 bits per heavy atom. The van der Waals surface area contributed by atoms with Crippen LogP contribution in [-0.4, -0.2) is 28.8 Å². The lowest BCUT2D eigenvalue weighted by Crippen LogP contribution is -2.41. The minimum Gasteiger partial charge on any atom is -0.399 e. The van der Waals surface area contributed by atoms with Gasteiger partial charge in [-0.2, -0.15) is 0 Å². The summed E-state index contributed by atoms with van der Waals surface area (Å²) >= 11 is 0. The molecule has 1 aliphatic rings. The van der Waals surface area contributed by atoms with Crippen LogP contribution in [0.1, 0.15) is 39.4 Å². The van der Waals surface area contributed by atoms with E-state index in [-0.39, 0.29) is 24.2 Å². The third-order valence-corrected chi connectivity index (χ3v) is 4.58. The van der Waals surface area contributed by atoms with E-state index in [1.807, 2.05) is 52.0 Å². The predicted octanol–water partition coefficient (Wildman–Crippen LogP) is 2.60. The SMILES string of the molecule is CC(=O)n1ccc2cc(B3OC(C)(C)C(C)(C)O3)ccc21. The number of benzene rings is 1. The largest absolute Gasteiger partial charge is 0.494 e. The van der Waals surface area contributed by atoms with E-state index in [0.717, 1.165) is 16.4 Å². The topological polar surface area (TPSA) is 40.5 Å². The fourth-order valence-corrected chi connectivity index (χ4v) is 2.56. The second-order valence-electron chi connectivity index (χ2n) is 6.61. The minimum atomic E-state index is -0.375. The van der Waals surface area contributed by atoms with Crippen LogP contribution in [0.25, 0.3) is 10.9 Å². The molecule has 1 aromatic heterocycles. The van der Waals surface area contributed by atoms with Crippen LogP contribution in [0.5, 0.6) is 0 Å². The highest BCUT2D eigenvalue weighted by atomic mass is 16.7. The Hall–Kier alpha value is -1.59. The third-order valence-electron chi connectivity index (χ3n) is 4.58. The first kappa shape index (κ1) is 14.4. The lowest BCUT2D eigenvalue weighted by molar-refractivity contribution is 0.00578. The number of hydrogen-bond acceptors (Lipinski definition) is 3. The quantitative estimate of drug-likeness (QED) is 0.756. The van der Waals surface area contributed by atoms with Crippen molar-refractivity contribution >= 4 is 29.4 Å². The molecule has 0 saturated carbocycles. The van der Waals surface area contributed by atoms with Gasteiger partial charge in [-0.15, -0.1) is 0 Å². The van der Waals surface area contributed by atoms with E-state index in [9.17, 15) is 4.79 Å². The van der Waals surface area contributed by atoms with Gasteiger partial charge in [0.15, 0.2) is 0 Å². The fourth-order valence-electron chi connectivity index (χ4n) is 2.56. The van der Waals surface area contributed by atoms with Gasteiger partial charge in [-0.3, -0.25) is 9.36 Å². The van der Waals surface area contributed by atoms with Crippen molar-refractivity contribution in [1.29, 1.82) is 0 Å². The van der Waals surface area contributed by atoms with Crippen LogP contribution in [0, 0.1) is 0 Å². The average Bonchev–Trinajstić information content (AvgIpc) is 2.87. The maximum absolute atomic E-state index is 11.5. The molecule has 2 aromatic rings. The van der Waals surface area contributed by atoms with Gasteiger partial charge in [-0.05, 0) is 50.7 Å². The molecule has 110 valence electrons. The molecule has 1 saturated heterocycles. The number of rotatable bonds is 1. The molecule has 0 atom stereocenters. The molecule has 1 fully saturated rings. The van der Waals surface area contributed by atoms with Crippen LogP contribution in [0.2, 0.25) is 0 Å². The summed E-state index contributed by atoms with van der Waals surface area (Å²) in [6.45, 7) is 9.71. The van der Waals surface area contributed by atoms with Gasteiger partial charge < -0.3 is 9.31 Å². The first-order chi connectivity index (χ1) is 9.71. The Balaban J connectivity index is 1.98. The van der Waals surface area contributed by atoms with E-state index in [1.165, 1.54) is 0 Å². The van der Waals surface area contributed by atoms with Gasteiger partial charge in [0.25, 0.3) is 0 Å². The van der Waals surface area contributed by atoms with Crippen LogP contribution < -0.4 is 5.46 Å². The molecular weight excluding hydrogens is 265 g/mol. The lowest BCUT2D eigenvalue weighted by Gasteiger charge is -2.32. The summed E-state index contributed by atoms with van der Waals surface area (Å²) < 4.78 is 13.8. The number of hydrogen-bond donors (Lipinski definition) is 0. The average molecular weight is 285 g/mol. The molecule has 0 aliphatic carbocycles. The fraction of sp³-hybridized carbons (Fsp3) is 0.438. The molecule has 0 amide bonds. The van der Waals surface area contributed by atoms with Crippen molar-refractivity contribution in [2.24, 2.45) is 0 Å². The van der Waals surface area contributed by atoms with Crippen LogP contribution in [-0.2, 0) is 9.31 Å². The summed E-state index contributed by atoms with van der Waals surface area (Å²) in [7, 11) is -0.375. The molecule has 0 N–H and O–H groups in total. The zero-order valence-corrected chi connectivity index (χ0v) is 13.1. The minimum absolute atomic E-state index is 0.00776. The molecule has 5 heteroatoms. The summed E-state index contributed by atoms with van der Waals surface area (Å²) in [5.41, 5.74) is 1.18. The number of carbonyl (C=O) groups excluding carboxylic acids is 1. The molecule has 2 heterocycles. The molecule has 0 unspecified atom stereocenters. The molecule has 3 rings (SSSR count). The molecule has 0 bridgehead atoms. The van der Waals surface area contributed by atoms with Gasteiger partial charge in [-0.25, -0.2) is 0 Å². The predicted molar refractivity (Wildman–Crippen MR) is 84.0 cm³/mol. The monoisotopic (exact) mass is 285 g/mol. The van der Waals surface area contributed by atoms with Crippen LogP contribution in [0.4, 0.5) is 0 Å². The molecule has 21 heavy (non-hydrogen) atoms. The number of nitrogens with zero attached hydrogens (tertiary/aromatic N) is 1. The Labute approximate surface area is 125 Å². The second-order valence-corrected chi connectivity index (χ2v) is 6.61. The zero-order valence-electron chi connectivity index (χ0n) is 13.1. The number of carbonyl (C=O) groups is 1. The van der Waals surface area contributed by atoms with Gasteiger partial charge in [-0.1, -0.05) is 12.1 Å². The molecule has 0 spiro atoms. The zero-order chi connectivity index (χ0) is 15.4. The molecule has 4 nitrogen and oxygen atoms in total. The normalized spacial score (nSPS) is 20.1. The van der Waals surface area contributed by atoms with Gasteiger partial charge in [0, 0.05) is 13.1 Å². The highest BCUT2D eigenvalue weighted by molar-refractivity contribution is 6.62. The standard InChI is InChI=1S/C16H20BNO3/c1-11(19)18-9-8-12-10-13(6-7-14(12)18)17-20-15(2,3)16(4,5)21-17/h6-10H,1-5H3. The van der Waals surface area contributed by atoms with Gasteiger partial charge in [0.1, 0.15) is 0 Å². The maximum atomic E-state index is 11.5. The second kappa shape index (κ2) is 4.45. The lowest BCUT2D eigenvalue weighted by atomic mass is 9.79. The smallest absolute Gasteiger partial charge is 0.399 e. The van der Waals surface area contributed by atoms with Gasteiger partial charge in [0.2, 0.25) is 5.91 Å². The van der Waals surface area contributed by atoms with Crippen molar-refractivity contribution in [2.75, 3.05) is 0 Å².